The lowest BCUT2D eigenvalue weighted by molar-refractivity contribution is -0.128. The van der Waals surface area contributed by atoms with Gasteiger partial charge in [-0.25, -0.2) is 0 Å². The molecule has 0 aromatic heterocycles. The van der Waals surface area contributed by atoms with Crippen LogP contribution in [0.2, 0.25) is 0 Å². The minimum atomic E-state index is 0.171. The van der Waals surface area contributed by atoms with Gasteiger partial charge in [0.2, 0.25) is 5.91 Å². The predicted octanol–water partition coefficient (Wildman–Crippen LogP) is 3.41. The van der Waals surface area contributed by atoms with Gasteiger partial charge in [0.1, 0.15) is 5.75 Å². The Balaban J connectivity index is 2.64. The molecule has 0 fully saturated rings. The number of benzene rings is 1. The second-order valence-corrected chi connectivity index (χ2v) is 5.82. The Morgan fingerprint density at radius 2 is 1.90 bits per heavy atom. The van der Waals surface area contributed by atoms with Crippen molar-refractivity contribution in [3.63, 3.8) is 0 Å². The number of rotatable bonds is 9. The number of ether oxygens (including phenoxy) is 1. The van der Waals surface area contributed by atoms with E-state index in [4.69, 9.17) is 10.5 Å². The van der Waals surface area contributed by atoms with E-state index in [-0.39, 0.29) is 5.91 Å². The average Bonchev–Trinajstić information content (AvgIpc) is 2.47. The summed E-state index contributed by atoms with van der Waals surface area (Å²) in [6.07, 6.45) is 1.97. The molecule has 1 aromatic carbocycles. The highest BCUT2D eigenvalue weighted by molar-refractivity contribution is 8.00. The zero-order chi connectivity index (χ0) is 15.7. The fourth-order valence-corrected chi connectivity index (χ4v) is 2.92. The van der Waals surface area contributed by atoms with E-state index in [9.17, 15) is 4.79 Å². The van der Waals surface area contributed by atoms with Crippen LogP contribution in [-0.2, 0) is 4.79 Å². The quantitative estimate of drug-likeness (QED) is 0.561. The third kappa shape index (κ3) is 5.87. The average molecular weight is 310 g/mol. The third-order valence-electron chi connectivity index (χ3n) is 2.99. The summed E-state index contributed by atoms with van der Waals surface area (Å²) in [4.78, 5) is 15.1. The molecule has 0 aliphatic rings. The molecule has 1 aromatic rings. The predicted molar refractivity (Wildman–Crippen MR) is 89.9 cm³/mol. The van der Waals surface area contributed by atoms with E-state index in [1.807, 2.05) is 30.0 Å². The van der Waals surface area contributed by atoms with Crippen LogP contribution in [0.3, 0.4) is 0 Å². The highest BCUT2D eigenvalue weighted by Gasteiger charge is 2.13. The molecule has 118 valence electrons. The van der Waals surface area contributed by atoms with E-state index in [0.717, 1.165) is 36.6 Å². The minimum Gasteiger partial charge on any atom is -0.494 e. The molecule has 0 unspecified atom stereocenters. The Bertz CT molecular complexity index is 446. The molecule has 0 aliphatic heterocycles. The summed E-state index contributed by atoms with van der Waals surface area (Å²) in [6.45, 7) is 8.39. The standard InChI is InChI=1S/C16H26N2O2S/c1-4-9-18(10-5-2)16(19)12-21-15-11-13(20-6-3)7-8-14(15)17/h7-8,11H,4-6,9-10,12,17H2,1-3H3. The maximum absolute atomic E-state index is 12.3. The van der Waals surface area contributed by atoms with Crippen molar-refractivity contribution in [2.45, 2.75) is 38.5 Å². The van der Waals surface area contributed by atoms with Crippen LogP contribution in [0.25, 0.3) is 0 Å². The van der Waals surface area contributed by atoms with Crippen LogP contribution in [0, 0.1) is 0 Å². The fourth-order valence-electron chi connectivity index (χ4n) is 2.03. The molecule has 0 aliphatic carbocycles. The van der Waals surface area contributed by atoms with Gasteiger partial charge in [-0.2, -0.15) is 0 Å². The van der Waals surface area contributed by atoms with Crippen LogP contribution in [-0.4, -0.2) is 36.3 Å². The molecule has 0 atom stereocenters. The van der Waals surface area contributed by atoms with Crippen molar-refractivity contribution in [1.29, 1.82) is 0 Å². The lowest BCUT2D eigenvalue weighted by Crippen LogP contribution is -2.33. The number of hydrogen-bond donors (Lipinski definition) is 1. The van der Waals surface area contributed by atoms with Gasteiger partial charge in [-0.1, -0.05) is 13.8 Å². The first kappa shape index (κ1) is 17.7. The number of thioether (sulfide) groups is 1. The molecular weight excluding hydrogens is 284 g/mol. The second-order valence-electron chi connectivity index (χ2n) is 4.80. The molecule has 0 saturated carbocycles. The summed E-state index contributed by atoms with van der Waals surface area (Å²) in [5.74, 6) is 1.38. The van der Waals surface area contributed by atoms with Gasteiger partial charge in [-0.05, 0) is 38.0 Å². The van der Waals surface area contributed by atoms with Crippen LogP contribution in [0.5, 0.6) is 5.75 Å². The molecule has 4 nitrogen and oxygen atoms in total. The van der Waals surface area contributed by atoms with Gasteiger partial charge in [0.15, 0.2) is 0 Å². The Morgan fingerprint density at radius 3 is 2.48 bits per heavy atom. The number of hydrogen-bond acceptors (Lipinski definition) is 4. The van der Waals surface area contributed by atoms with Crippen molar-refractivity contribution in [3.8, 4) is 5.75 Å². The van der Waals surface area contributed by atoms with Crippen molar-refractivity contribution >= 4 is 23.4 Å². The fraction of sp³-hybridized carbons (Fsp3) is 0.562. The van der Waals surface area contributed by atoms with Gasteiger partial charge < -0.3 is 15.4 Å². The van der Waals surface area contributed by atoms with E-state index in [0.29, 0.717) is 18.0 Å². The normalized spacial score (nSPS) is 10.4. The summed E-state index contributed by atoms with van der Waals surface area (Å²) in [7, 11) is 0. The molecule has 0 spiro atoms. The number of carbonyl (C=O) groups excluding carboxylic acids is 1. The zero-order valence-corrected chi connectivity index (χ0v) is 14.0. The van der Waals surface area contributed by atoms with Crippen LogP contribution in [0.1, 0.15) is 33.6 Å². The monoisotopic (exact) mass is 310 g/mol. The Labute approximate surface area is 132 Å². The molecule has 0 bridgehead atoms. The summed E-state index contributed by atoms with van der Waals surface area (Å²) in [5, 5.41) is 0. The first-order valence-corrected chi connectivity index (χ1v) is 8.53. The van der Waals surface area contributed by atoms with Crippen LogP contribution < -0.4 is 10.5 Å². The highest BCUT2D eigenvalue weighted by atomic mass is 32.2. The topological polar surface area (TPSA) is 55.6 Å². The Hall–Kier alpha value is -1.36. The molecule has 0 heterocycles. The maximum atomic E-state index is 12.3. The lowest BCUT2D eigenvalue weighted by Gasteiger charge is -2.21. The largest absolute Gasteiger partial charge is 0.494 e. The molecule has 5 heteroatoms. The van der Waals surface area contributed by atoms with E-state index < -0.39 is 0 Å². The Kier molecular flexibility index (Phi) is 8.05. The van der Waals surface area contributed by atoms with Crippen LogP contribution >= 0.6 is 11.8 Å². The smallest absolute Gasteiger partial charge is 0.232 e. The lowest BCUT2D eigenvalue weighted by atomic mass is 10.3. The SMILES string of the molecule is CCCN(CCC)C(=O)CSc1cc(OCC)ccc1N. The van der Waals surface area contributed by atoms with Gasteiger partial charge in [0, 0.05) is 23.7 Å². The summed E-state index contributed by atoms with van der Waals surface area (Å²) >= 11 is 1.48. The summed E-state index contributed by atoms with van der Waals surface area (Å²) in [6, 6.07) is 5.58. The van der Waals surface area contributed by atoms with E-state index >= 15 is 0 Å². The van der Waals surface area contributed by atoms with Gasteiger partial charge in [-0.15, -0.1) is 11.8 Å². The first-order chi connectivity index (χ1) is 10.1. The van der Waals surface area contributed by atoms with Gasteiger partial charge in [0.05, 0.1) is 12.4 Å². The van der Waals surface area contributed by atoms with E-state index in [1.54, 1.807) is 0 Å². The van der Waals surface area contributed by atoms with Crippen molar-refractivity contribution in [1.82, 2.24) is 4.90 Å². The molecule has 21 heavy (non-hydrogen) atoms. The number of carbonyl (C=O) groups is 1. The van der Waals surface area contributed by atoms with E-state index in [1.165, 1.54) is 11.8 Å². The number of nitrogens with two attached hydrogens (primary N) is 1. The zero-order valence-electron chi connectivity index (χ0n) is 13.2. The number of nitrogen functional groups attached to an aromatic ring is 1. The summed E-state index contributed by atoms with van der Waals surface area (Å²) < 4.78 is 5.47. The van der Waals surface area contributed by atoms with Gasteiger partial charge >= 0.3 is 0 Å². The van der Waals surface area contributed by atoms with Gasteiger partial charge in [-0.3, -0.25) is 4.79 Å². The molecular formula is C16H26N2O2S. The number of amides is 1. The van der Waals surface area contributed by atoms with E-state index in [2.05, 4.69) is 13.8 Å². The van der Waals surface area contributed by atoms with Crippen molar-refractivity contribution in [3.05, 3.63) is 18.2 Å². The molecule has 1 rings (SSSR count). The Morgan fingerprint density at radius 1 is 1.24 bits per heavy atom. The first-order valence-electron chi connectivity index (χ1n) is 7.55. The minimum absolute atomic E-state index is 0.171. The molecule has 1 amide bonds. The summed E-state index contributed by atoms with van der Waals surface area (Å²) in [5.41, 5.74) is 6.65. The van der Waals surface area contributed by atoms with Crippen LogP contribution in [0.15, 0.2) is 23.1 Å². The number of nitrogens with zero attached hydrogens (tertiary/aromatic N) is 1. The van der Waals surface area contributed by atoms with Crippen LogP contribution in [0.4, 0.5) is 5.69 Å². The third-order valence-corrected chi connectivity index (χ3v) is 4.04. The highest BCUT2D eigenvalue weighted by Crippen LogP contribution is 2.29. The second kappa shape index (κ2) is 9.55. The van der Waals surface area contributed by atoms with Crippen molar-refractivity contribution < 1.29 is 9.53 Å². The molecule has 2 N–H and O–H groups in total. The van der Waals surface area contributed by atoms with Crippen molar-refractivity contribution in [2.75, 3.05) is 31.2 Å². The van der Waals surface area contributed by atoms with Crippen molar-refractivity contribution in [2.24, 2.45) is 0 Å². The molecule has 0 radical (unpaired) electrons. The maximum Gasteiger partial charge on any atom is 0.232 e. The number of anilines is 1. The van der Waals surface area contributed by atoms with Gasteiger partial charge in [0.25, 0.3) is 0 Å². The molecule has 0 saturated heterocycles.